The number of nitrogens with zero attached hydrogens (tertiary/aromatic N) is 1. The average Bonchev–Trinajstić information content (AvgIpc) is 3.10. The number of ether oxygens (including phenoxy) is 1. The summed E-state index contributed by atoms with van der Waals surface area (Å²) in [6, 6.07) is 1.78. The van der Waals surface area contributed by atoms with Gasteiger partial charge < -0.3 is 9.84 Å². The van der Waals surface area contributed by atoms with E-state index < -0.39 is 13.0 Å². The summed E-state index contributed by atoms with van der Waals surface area (Å²) in [4.78, 5) is 3.97. The fourth-order valence-corrected chi connectivity index (χ4v) is 1.55. The normalized spacial score (nSPS) is 15.5. The number of hydrogen-bond acceptors (Lipinski definition) is 3. The minimum Gasteiger partial charge on any atom is -0.471 e. The molecule has 2 rings (SSSR count). The highest BCUT2D eigenvalue weighted by atomic mass is 19.3. The molecule has 0 unspecified atom stereocenters. The molecule has 1 aliphatic rings. The molecule has 0 aliphatic heterocycles. The molecule has 1 fully saturated rings. The van der Waals surface area contributed by atoms with Gasteiger partial charge >= 0.3 is 0 Å². The smallest absolute Gasteiger partial charge is 0.272 e. The number of hydrogen-bond donors (Lipinski definition) is 1. The van der Waals surface area contributed by atoms with E-state index in [0.29, 0.717) is 11.5 Å². The van der Waals surface area contributed by atoms with Crippen LogP contribution in [0.5, 0.6) is 5.88 Å². The van der Waals surface area contributed by atoms with Crippen LogP contribution in [0.2, 0.25) is 0 Å². The highest BCUT2D eigenvalue weighted by Crippen LogP contribution is 2.43. The molecule has 0 saturated heterocycles. The van der Waals surface area contributed by atoms with Gasteiger partial charge in [-0.3, -0.25) is 0 Å². The Hall–Kier alpha value is -1.23. The van der Waals surface area contributed by atoms with Crippen LogP contribution in [0.25, 0.3) is 0 Å². The molecule has 1 saturated carbocycles. The van der Waals surface area contributed by atoms with Gasteiger partial charge in [0.25, 0.3) is 6.43 Å². The van der Waals surface area contributed by atoms with E-state index in [-0.39, 0.29) is 12.5 Å². The molecule has 1 aromatic rings. The molecule has 0 radical (unpaired) electrons. The molecule has 1 N–H and O–H groups in total. The molecule has 1 heterocycles. The lowest BCUT2D eigenvalue weighted by Crippen LogP contribution is -2.09. The topological polar surface area (TPSA) is 42.4 Å². The van der Waals surface area contributed by atoms with Crippen molar-refractivity contribution in [3.63, 3.8) is 0 Å². The Kier molecular flexibility index (Phi) is 3.33. The Morgan fingerprint density at radius 3 is 2.81 bits per heavy atom. The van der Waals surface area contributed by atoms with E-state index in [9.17, 15) is 8.78 Å². The van der Waals surface area contributed by atoms with E-state index in [1.54, 1.807) is 6.07 Å². The molecule has 0 amide bonds. The van der Waals surface area contributed by atoms with Gasteiger partial charge in [-0.15, -0.1) is 0 Å². The number of aromatic nitrogens is 1. The lowest BCUT2D eigenvalue weighted by Gasteiger charge is -2.10. The second-order valence-electron chi connectivity index (χ2n) is 3.87. The van der Waals surface area contributed by atoms with Crippen molar-refractivity contribution in [1.29, 1.82) is 0 Å². The zero-order chi connectivity index (χ0) is 11.5. The first kappa shape index (κ1) is 11.3. The fourth-order valence-electron chi connectivity index (χ4n) is 1.55. The molecule has 0 atom stereocenters. The van der Waals surface area contributed by atoms with E-state index in [0.717, 1.165) is 18.4 Å². The zero-order valence-corrected chi connectivity index (χ0v) is 8.70. The summed E-state index contributed by atoms with van der Waals surface area (Å²) >= 11 is 0. The van der Waals surface area contributed by atoms with Gasteiger partial charge in [0.2, 0.25) is 5.88 Å². The number of alkyl halides is 2. The predicted octanol–water partition coefficient (Wildman–Crippen LogP) is 2.10. The van der Waals surface area contributed by atoms with Crippen LogP contribution in [0.3, 0.4) is 0 Å². The number of aliphatic hydroxyl groups excluding tert-OH is 1. The summed E-state index contributed by atoms with van der Waals surface area (Å²) < 4.78 is 29.0. The van der Waals surface area contributed by atoms with Crippen LogP contribution in [-0.2, 0) is 6.61 Å². The molecule has 1 aromatic heterocycles. The van der Waals surface area contributed by atoms with E-state index in [1.807, 2.05) is 0 Å². The fraction of sp³-hybridized carbons (Fsp3) is 0.545. The number of rotatable bonds is 5. The molecular weight excluding hydrogens is 216 g/mol. The lowest BCUT2D eigenvalue weighted by atomic mass is 10.1. The Morgan fingerprint density at radius 2 is 2.25 bits per heavy atom. The van der Waals surface area contributed by atoms with Crippen molar-refractivity contribution in [2.45, 2.75) is 31.8 Å². The Morgan fingerprint density at radius 1 is 1.50 bits per heavy atom. The summed E-state index contributed by atoms with van der Waals surface area (Å²) in [6.45, 7) is -0.729. The number of aliphatic hydroxyl groups is 1. The van der Waals surface area contributed by atoms with E-state index >= 15 is 0 Å². The standard InChI is InChI=1S/C11H13F2NO2/c12-10(13)6-16-11-9(8-1-2-8)3-7(5-15)4-14-11/h3-4,8,10,15H,1-2,5-6H2. The molecule has 88 valence electrons. The van der Waals surface area contributed by atoms with Gasteiger partial charge in [0.1, 0.15) is 0 Å². The van der Waals surface area contributed by atoms with Crippen molar-refractivity contribution in [3.05, 3.63) is 23.4 Å². The lowest BCUT2D eigenvalue weighted by molar-refractivity contribution is 0.0790. The molecule has 0 bridgehead atoms. The average molecular weight is 229 g/mol. The molecule has 0 aromatic carbocycles. The van der Waals surface area contributed by atoms with Crippen LogP contribution in [0, 0.1) is 0 Å². The van der Waals surface area contributed by atoms with Gasteiger partial charge in [-0.05, 0) is 30.4 Å². The highest BCUT2D eigenvalue weighted by molar-refractivity contribution is 5.35. The van der Waals surface area contributed by atoms with E-state index in [1.165, 1.54) is 6.20 Å². The first-order valence-electron chi connectivity index (χ1n) is 5.21. The van der Waals surface area contributed by atoms with Crippen molar-refractivity contribution in [2.75, 3.05) is 6.61 Å². The maximum atomic E-state index is 12.0. The zero-order valence-electron chi connectivity index (χ0n) is 8.70. The van der Waals surface area contributed by atoms with Crippen molar-refractivity contribution in [1.82, 2.24) is 4.98 Å². The molecule has 3 nitrogen and oxygen atoms in total. The van der Waals surface area contributed by atoms with Crippen molar-refractivity contribution >= 4 is 0 Å². The van der Waals surface area contributed by atoms with E-state index in [4.69, 9.17) is 9.84 Å². The second kappa shape index (κ2) is 4.74. The molecular formula is C11H13F2NO2. The van der Waals surface area contributed by atoms with Crippen molar-refractivity contribution in [2.24, 2.45) is 0 Å². The summed E-state index contributed by atoms with van der Waals surface area (Å²) in [6.07, 6.45) is 1.02. The quantitative estimate of drug-likeness (QED) is 0.840. The van der Waals surface area contributed by atoms with Gasteiger partial charge in [-0.25, -0.2) is 13.8 Å². The second-order valence-corrected chi connectivity index (χ2v) is 3.87. The third kappa shape index (κ3) is 2.66. The van der Waals surface area contributed by atoms with Gasteiger partial charge in [0, 0.05) is 11.8 Å². The number of pyridine rings is 1. The largest absolute Gasteiger partial charge is 0.471 e. The van der Waals surface area contributed by atoms with Crippen LogP contribution in [0.15, 0.2) is 12.3 Å². The predicted molar refractivity (Wildman–Crippen MR) is 53.6 cm³/mol. The summed E-state index contributed by atoms with van der Waals surface area (Å²) in [7, 11) is 0. The Labute approximate surface area is 92.1 Å². The van der Waals surface area contributed by atoms with Gasteiger partial charge in [-0.2, -0.15) is 0 Å². The van der Waals surface area contributed by atoms with Gasteiger partial charge in [0.05, 0.1) is 6.61 Å². The Bertz CT molecular complexity index is 367. The Balaban J connectivity index is 2.15. The maximum Gasteiger partial charge on any atom is 0.272 e. The monoisotopic (exact) mass is 229 g/mol. The molecule has 1 aliphatic carbocycles. The maximum absolute atomic E-state index is 12.0. The minimum atomic E-state index is -2.49. The van der Waals surface area contributed by atoms with Gasteiger partial charge in [0.15, 0.2) is 6.61 Å². The van der Waals surface area contributed by atoms with Crippen LogP contribution >= 0.6 is 0 Å². The summed E-state index contributed by atoms with van der Waals surface area (Å²) in [5, 5.41) is 8.97. The first-order valence-corrected chi connectivity index (χ1v) is 5.21. The van der Waals surface area contributed by atoms with Crippen molar-refractivity contribution < 1.29 is 18.6 Å². The number of halogens is 2. The molecule has 16 heavy (non-hydrogen) atoms. The molecule has 5 heteroatoms. The van der Waals surface area contributed by atoms with Crippen molar-refractivity contribution in [3.8, 4) is 5.88 Å². The van der Waals surface area contributed by atoms with Crippen LogP contribution < -0.4 is 4.74 Å². The third-order valence-electron chi connectivity index (χ3n) is 2.48. The highest BCUT2D eigenvalue weighted by Gasteiger charge is 2.28. The first-order chi connectivity index (χ1) is 7.70. The van der Waals surface area contributed by atoms with Crippen LogP contribution in [-0.4, -0.2) is 23.1 Å². The molecule has 0 spiro atoms. The summed E-state index contributed by atoms with van der Waals surface area (Å²) in [5.74, 6) is 0.631. The third-order valence-corrected chi connectivity index (χ3v) is 2.48. The van der Waals surface area contributed by atoms with E-state index in [2.05, 4.69) is 4.98 Å². The summed E-state index contributed by atoms with van der Waals surface area (Å²) in [5.41, 5.74) is 1.53. The minimum absolute atomic E-state index is 0.0954. The van der Waals surface area contributed by atoms with Crippen LogP contribution in [0.1, 0.15) is 29.9 Å². The van der Waals surface area contributed by atoms with Gasteiger partial charge in [-0.1, -0.05) is 0 Å². The van der Waals surface area contributed by atoms with Crippen LogP contribution in [0.4, 0.5) is 8.78 Å². The SMILES string of the molecule is OCc1cnc(OCC(F)F)c(C2CC2)c1.